The van der Waals surface area contributed by atoms with Crippen molar-refractivity contribution in [2.75, 3.05) is 0 Å². The van der Waals surface area contributed by atoms with E-state index in [-0.39, 0.29) is 24.6 Å². The summed E-state index contributed by atoms with van der Waals surface area (Å²) in [6, 6.07) is 18.1. The molecular formula is C29H21F3N4O3. The molecule has 39 heavy (non-hydrogen) atoms. The highest BCUT2D eigenvalue weighted by Gasteiger charge is 2.30. The standard InChI is InChI=1S/C29H21F3N4O3/c30-29(31,32)23-8-4-19(5-9-23)17-36-13-10-21-14-22(26-33-11-1-12-34-26)15-24(25(21)36)27(37)35-16-18-2-6-20(7-3-18)28(38)39/h1-15H,16-17H2,(H,35,37)(H,38,39). The van der Waals surface area contributed by atoms with E-state index in [4.69, 9.17) is 5.11 Å². The topological polar surface area (TPSA) is 97.1 Å². The minimum atomic E-state index is -4.42. The van der Waals surface area contributed by atoms with Gasteiger partial charge in [0.1, 0.15) is 0 Å². The first-order valence-corrected chi connectivity index (χ1v) is 11.9. The second kappa shape index (κ2) is 10.4. The molecule has 1 amide bonds. The Morgan fingerprint density at radius 3 is 2.21 bits per heavy atom. The largest absolute Gasteiger partial charge is 0.478 e. The van der Waals surface area contributed by atoms with Crippen LogP contribution >= 0.6 is 0 Å². The van der Waals surface area contributed by atoms with Crippen LogP contribution in [0, 0.1) is 0 Å². The lowest BCUT2D eigenvalue weighted by Crippen LogP contribution is -2.23. The number of halogens is 3. The lowest BCUT2D eigenvalue weighted by Gasteiger charge is -2.13. The number of alkyl halides is 3. The predicted molar refractivity (Wildman–Crippen MR) is 138 cm³/mol. The molecule has 5 rings (SSSR count). The Morgan fingerprint density at radius 1 is 0.897 bits per heavy atom. The van der Waals surface area contributed by atoms with Gasteiger partial charge in [-0.05, 0) is 59.7 Å². The Bertz CT molecular complexity index is 1650. The van der Waals surface area contributed by atoms with Crippen molar-refractivity contribution in [1.82, 2.24) is 19.9 Å². The number of fused-ring (bicyclic) bond motifs is 1. The number of aromatic carboxylic acids is 1. The molecule has 0 unspecified atom stereocenters. The van der Waals surface area contributed by atoms with Gasteiger partial charge in [0.2, 0.25) is 0 Å². The van der Waals surface area contributed by atoms with Crippen LogP contribution in [-0.2, 0) is 19.3 Å². The molecule has 3 aromatic carbocycles. The molecule has 0 aliphatic heterocycles. The molecule has 7 nitrogen and oxygen atoms in total. The van der Waals surface area contributed by atoms with Crippen LogP contribution in [0.15, 0.2) is 91.4 Å². The van der Waals surface area contributed by atoms with Crippen LogP contribution < -0.4 is 5.32 Å². The van der Waals surface area contributed by atoms with E-state index in [1.54, 1.807) is 42.9 Å². The average molecular weight is 531 g/mol. The summed E-state index contributed by atoms with van der Waals surface area (Å²) in [4.78, 5) is 33.1. The van der Waals surface area contributed by atoms with Gasteiger partial charge in [0.25, 0.3) is 5.91 Å². The van der Waals surface area contributed by atoms with Crippen molar-refractivity contribution >= 4 is 22.8 Å². The van der Waals surface area contributed by atoms with Gasteiger partial charge in [-0.25, -0.2) is 14.8 Å². The Balaban J connectivity index is 1.49. The number of amides is 1. The molecule has 0 aliphatic rings. The molecule has 2 aromatic heterocycles. The smallest absolute Gasteiger partial charge is 0.416 e. The second-order valence-electron chi connectivity index (χ2n) is 8.86. The van der Waals surface area contributed by atoms with Gasteiger partial charge in [0, 0.05) is 42.6 Å². The molecule has 0 bridgehead atoms. The van der Waals surface area contributed by atoms with Gasteiger partial charge >= 0.3 is 12.1 Å². The lowest BCUT2D eigenvalue weighted by molar-refractivity contribution is -0.137. The number of hydrogen-bond donors (Lipinski definition) is 2. The Hall–Kier alpha value is -4.99. The maximum absolute atomic E-state index is 13.5. The Kier molecular flexibility index (Phi) is 6.84. The van der Waals surface area contributed by atoms with Crippen LogP contribution in [-0.4, -0.2) is 31.5 Å². The molecule has 0 atom stereocenters. The number of carboxylic acid groups (broad SMARTS) is 1. The molecule has 0 saturated carbocycles. The van der Waals surface area contributed by atoms with Crippen molar-refractivity contribution in [1.29, 1.82) is 0 Å². The Morgan fingerprint density at radius 2 is 1.56 bits per heavy atom. The number of nitrogens with one attached hydrogen (secondary N) is 1. The minimum absolute atomic E-state index is 0.142. The van der Waals surface area contributed by atoms with Crippen molar-refractivity contribution in [3.8, 4) is 11.4 Å². The quantitative estimate of drug-likeness (QED) is 0.278. The van der Waals surface area contributed by atoms with Gasteiger partial charge in [0.05, 0.1) is 22.2 Å². The van der Waals surface area contributed by atoms with Gasteiger partial charge in [-0.3, -0.25) is 4.79 Å². The summed E-state index contributed by atoms with van der Waals surface area (Å²) in [6.45, 7) is 0.408. The van der Waals surface area contributed by atoms with Crippen LogP contribution in [0.3, 0.4) is 0 Å². The normalized spacial score (nSPS) is 11.5. The van der Waals surface area contributed by atoms with Crippen LogP contribution in [0.1, 0.15) is 37.4 Å². The van der Waals surface area contributed by atoms with E-state index in [0.29, 0.717) is 33.6 Å². The summed E-state index contributed by atoms with van der Waals surface area (Å²) < 4.78 is 40.8. The molecule has 0 aliphatic carbocycles. The molecule has 0 saturated heterocycles. The van der Waals surface area contributed by atoms with E-state index in [1.807, 2.05) is 16.7 Å². The third-order valence-corrected chi connectivity index (χ3v) is 6.22. The first-order valence-electron chi connectivity index (χ1n) is 11.9. The number of carboxylic acids is 1. The SMILES string of the molecule is O=C(O)c1ccc(CNC(=O)c2cc(-c3ncccn3)cc3ccn(Cc4ccc(C(F)(F)F)cc4)c23)cc1. The number of aromatic nitrogens is 3. The van der Waals surface area contributed by atoms with Crippen molar-refractivity contribution in [2.24, 2.45) is 0 Å². The zero-order valence-corrected chi connectivity index (χ0v) is 20.3. The molecule has 5 aromatic rings. The van der Waals surface area contributed by atoms with E-state index < -0.39 is 17.7 Å². The second-order valence-corrected chi connectivity index (χ2v) is 8.86. The Labute approximate surface area is 220 Å². The van der Waals surface area contributed by atoms with Gasteiger partial charge in [-0.2, -0.15) is 13.2 Å². The van der Waals surface area contributed by atoms with Crippen LogP contribution in [0.25, 0.3) is 22.3 Å². The maximum atomic E-state index is 13.5. The summed E-state index contributed by atoms with van der Waals surface area (Å²) in [5, 5.41) is 12.7. The van der Waals surface area contributed by atoms with Gasteiger partial charge in [-0.15, -0.1) is 0 Å². The number of carbonyl (C=O) groups excluding carboxylic acids is 1. The third-order valence-electron chi connectivity index (χ3n) is 6.22. The van der Waals surface area contributed by atoms with E-state index >= 15 is 0 Å². The number of carbonyl (C=O) groups is 2. The predicted octanol–water partition coefficient (Wildman–Crippen LogP) is 5.79. The van der Waals surface area contributed by atoms with Crippen LogP contribution in [0.2, 0.25) is 0 Å². The highest BCUT2D eigenvalue weighted by atomic mass is 19.4. The summed E-state index contributed by atoms with van der Waals surface area (Å²) in [6.07, 6.45) is 0.554. The molecule has 10 heteroatoms. The van der Waals surface area contributed by atoms with Crippen LogP contribution in [0.5, 0.6) is 0 Å². The molecule has 0 fully saturated rings. The fourth-order valence-electron chi connectivity index (χ4n) is 4.27. The number of rotatable bonds is 7. The highest BCUT2D eigenvalue weighted by Crippen LogP contribution is 2.30. The lowest BCUT2D eigenvalue weighted by atomic mass is 10.0. The zero-order chi connectivity index (χ0) is 27.6. The summed E-state index contributed by atoms with van der Waals surface area (Å²) in [5.41, 5.74) is 2.35. The maximum Gasteiger partial charge on any atom is 0.416 e. The summed E-state index contributed by atoms with van der Waals surface area (Å²) in [5.74, 6) is -0.984. The fraction of sp³-hybridized carbons (Fsp3) is 0.103. The molecule has 196 valence electrons. The van der Waals surface area contributed by atoms with Crippen molar-refractivity contribution in [3.05, 3.63) is 119 Å². The van der Waals surface area contributed by atoms with E-state index in [2.05, 4.69) is 15.3 Å². The molecular weight excluding hydrogens is 509 g/mol. The van der Waals surface area contributed by atoms with Gasteiger partial charge in [0.15, 0.2) is 5.82 Å². The molecule has 2 heterocycles. The fourth-order valence-corrected chi connectivity index (χ4v) is 4.27. The van der Waals surface area contributed by atoms with Gasteiger partial charge < -0.3 is 15.0 Å². The summed E-state index contributed by atoms with van der Waals surface area (Å²) in [7, 11) is 0. The van der Waals surface area contributed by atoms with E-state index in [0.717, 1.165) is 17.5 Å². The van der Waals surface area contributed by atoms with Crippen molar-refractivity contribution in [2.45, 2.75) is 19.3 Å². The van der Waals surface area contributed by atoms with Crippen molar-refractivity contribution < 1.29 is 27.9 Å². The zero-order valence-electron chi connectivity index (χ0n) is 20.3. The number of nitrogens with zero attached hydrogens (tertiary/aromatic N) is 3. The van der Waals surface area contributed by atoms with E-state index in [9.17, 15) is 22.8 Å². The molecule has 0 spiro atoms. The summed E-state index contributed by atoms with van der Waals surface area (Å²) >= 11 is 0. The monoisotopic (exact) mass is 530 g/mol. The first-order chi connectivity index (χ1) is 18.7. The number of hydrogen-bond acceptors (Lipinski definition) is 4. The highest BCUT2D eigenvalue weighted by molar-refractivity contribution is 6.07. The van der Waals surface area contributed by atoms with Crippen LogP contribution in [0.4, 0.5) is 13.2 Å². The van der Waals surface area contributed by atoms with E-state index in [1.165, 1.54) is 24.3 Å². The average Bonchev–Trinajstić information content (AvgIpc) is 3.34. The third kappa shape index (κ3) is 5.64. The number of benzene rings is 3. The first kappa shape index (κ1) is 25.7. The molecule has 0 radical (unpaired) electrons. The molecule has 2 N–H and O–H groups in total. The van der Waals surface area contributed by atoms with Crippen molar-refractivity contribution in [3.63, 3.8) is 0 Å². The van der Waals surface area contributed by atoms with Gasteiger partial charge in [-0.1, -0.05) is 24.3 Å². The minimum Gasteiger partial charge on any atom is -0.478 e.